The quantitative estimate of drug-likeness (QED) is 0.847. The predicted octanol–water partition coefficient (Wildman–Crippen LogP) is 2.01. The molecular formula is C18H27N3O3. The third kappa shape index (κ3) is 3.09. The number of nitrogens with zero attached hydrogens (tertiary/aromatic N) is 3. The number of hydrogen-bond donors (Lipinski definition) is 0. The number of rotatable bonds is 3. The largest absolute Gasteiger partial charge is 0.375 e. The monoisotopic (exact) mass is 333 g/mol. The molecule has 3 aliphatic rings. The summed E-state index contributed by atoms with van der Waals surface area (Å²) < 4.78 is 11.2. The minimum absolute atomic E-state index is 0.0543. The van der Waals surface area contributed by atoms with Crippen molar-refractivity contribution >= 4 is 5.91 Å². The molecule has 4 rings (SSSR count). The van der Waals surface area contributed by atoms with Gasteiger partial charge in [0.15, 0.2) is 0 Å². The molecule has 0 radical (unpaired) electrons. The summed E-state index contributed by atoms with van der Waals surface area (Å²) in [6, 6.07) is 0.460. The first-order valence-electron chi connectivity index (χ1n) is 9.21. The Kier molecular flexibility index (Phi) is 4.35. The van der Waals surface area contributed by atoms with Gasteiger partial charge in [-0.3, -0.25) is 9.69 Å². The normalized spacial score (nSPS) is 28.5. The molecule has 0 spiro atoms. The summed E-state index contributed by atoms with van der Waals surface area (Å²) in [5, 5.41) is 3.92. The number of fused-ring (bicyclic) bond motifs is 1. The van der Waals surface area contributed by atoms with Gasteiger partial charge in [-0.2, -0.15) is 0 Å². The molecule has 6 nitrogen and oxygen atoms in total. The third-order valence-electron chi connectivity index (χ3n) is 5.71. The van der Waals surface area contributed by atoms with Crippen LogP contribution in [0.1, 0.15) is 47.5 Å². The fraction of sp³-hybridized carbons (Fsp3) is 0.778. The van der Waals surface area contributed by atoms with E-state index in [4.69, 9.17) is 9.26 Å². The fourth-order valence-electron chi connectivity index (χ4n) is 4.17. The number of amides is 1. The van der Waals surface area contributed by atoms with E-state index in [1.807, 2.05) is 18.7 Å². The second kappa shape index (κ2) is 6.48. The molecule has 1 saturated carbocycles. The maximum absolute atomic E-state index is 12.9. The summed E-state index contributed by atoms with van der Waals surface area (Å²) in [6.45, 7) is 8.26. The highest BCUT2D eigenvalue weighted by Crippen LogP contribution is 2.33. The van der Waals surface area contributed by atoms with Crippen LogP contribution in [0.4, 0.5) is 0 Å². The van der Waals surface area contributed by atoms with Crippen molar-refractivity contribution in [1.82, 2.24) is 15.0 Å². The van der Waals surface area contributed by atoms with Gasteiger partial charge in [-0.15, -0.1) is 0 Å². The van der Waals surface area contributed by atoms with Crippen LogP contribution in [0.2, 0.25) is 0 Å². The molecule has 2 aliphatic heterocycles. The SMILES string of the molecule is Cc1noc(C)c1C(=O)N1CC[C@@H]2OCCN(CC3CC3)[C@@H]2CC1. The second-order valence-electron chi connectivity index (χ2n) is 7.48. The molecule has 1 aromatic heterocycles. The van der Waals surface area contributed by atoms with Crippen molar-refractivity contribution in [2.75, 3.05) is 32.8 Å². The number of morpholine rings is 1. The summed E-state index contributed by atoms with van der Waals surface area (Å²) in [7, 11) is 0. The Morgan fingerprint density at radius 2 is 1.96 bits per heavy atom. The van der Waals surface area contributed by atoms with Gasteiger partial charge in [0.05, 0.1) is 18.4 Å². The molecule has 3 heterocycles. The zero-order valence-corrected chi connectivity index (χ0v) is 14.7. The number of ether oxygens (including phenoxy) is 1. The van der Waals surface area contributed by atoms with Gasteiger partial charge >= 0.3 is 0 Å². The molecule has 1 aromatic rings. The summed E-state index contributed by atoms with van der Waals surface area (Å²) in [6.07, 6.45) is 4.93. The minimum atomic E-state index is 0.0543. The number of likely N-dealkylation sites (tertiary alicyclic amines) is 1. The fourth-order valence-corrected chi connectivity index (χ4v) is 4.17. The lowest BCUT2D eigenvalue weighted by molar-refractivity contribution is -0.0727. The van der Waals surface area contributed by atoms with Crippen LogP contribution < -0.4 is 0 Å². The van der Waals surface area contributed by atoms with Crippen LogP contribution in [-0.4, -0.2) is 65.8 Å². The Morgan fingerprint density at radius 3 is 2.67 bits per heavy atom. The van der Waals surface area contributed by atoms with Gasteiger partial charge in [-0.1, -0.05) is 5.16 Å². The number of carbonyl (C=O) groups excluding carboxylic acids is 1. The lowest BCUT2D eigenvalue weighted by atomic mass is 10.0. The molecule has 1 aliphatic carbocycles. The van der Waals surface area contributed by atoms with E-state index in [9.17, 15) is 4.79 Å². The van der Waals surface area contributed by atoms with E-state index in [0.717, 1.165) is 45.0 Å². The van der Waals surface area contributed by atoms with Crippen molar-refractivity contribution in [3.05, 3.63) is 17.0 Å². The predicted molar refractivity (Wildman–Crippen MR) is 88.9 cm³/mol. The van der Waals surface area contributed by atoms with E-state index >= 15 is 0 Å². The maximum atomic E-state index is 12.9. The Morgan fingerprint density at radius 1 is 1.17 bits per heavy atom. The van der Waals surface area contributed by atoms with Crippen molar-refractivity contribution in [3.63, 3.8) is 0 Å². The van der Waals surface area contributed by atoms with Crippen molar-refractivity contribution in [3.8, 4) is 0 Å². The lowest BCUT2D eigenvalue weighted by Crippen LogP contribution is -2.51. The van der Waals surface area contributed by atoms with E-state index in [1.54, 1.807) is 0 Å². The van der Waals surface area contributed by atoms with Gasteiger partial charge < -0.3 is 14.2 Å². The highest BCUT2D eigenvalue weighted by atomic mass is 16.5. The van der Waals surface area contributed by atoms with Gasteiger partial charge in [0.2, 0.25) is 0 Å². The number of aryl methyl sites for hydroxylation is 2. The first-order valence-corrected chi connectivity index (χ1v) is 9.21. The molecule has 2 atom stereocenters. The summed E-state index contributed by atoms with van der Waals surface area (Å²) in [5.74, 6) is 1.57. The highest BCUT2D eigenvalue weighted by molar-refractivity contribution is 5.96. The number of aromatic nitrogens is 1. The Labute approximate surface area is 143 Å². The highest BCUT2D eigenvalue weighted by Gasteiger charge is 2.38. The van der Waals surface area contributed by atoms with Crippen molar-refractivity contribution in [2.24, 2.45) is 5.92 Å². The van der Waals surface area contributed by atoms with Crippen LogP contribution in [0.15, 0.2) is 4.52 Å². The third-order valence-corrected chi connectivity index (χ3v) is 5.71. The van der Waals surface area contributed by atoms with Crippen LogP contribution in [0.5, 0.6) is 0 Å². The number of hydrogen-bond acceptors (Lipinski definition) is 5. The molecule has 0 N–H and O–H groups in total. The summed E-state index contributed by atoms with van der Waals surface area (Å²) in [5.41, 5.74) is 1.32. The zero-order chi connectivity index (χ0) is 16.7. The second-order valence-corrected chi connectivity index (χ2v) is 7.48. The van der Waals surface area contributed by atoms with Crippen LogP contribution in [-0.2, 0) is 4.74 Å². The lowest BCUT2D eigenvalue weighted by Gasteiger charge is -2.40. The minimum Gasteiger partial charge on any atom is -0.375 e. The van der Waals surface area contributed by atoms with Crippen molar-refractivity contribution < 1.29 is 14.1 Å². The topological polar surface area (TPSA) is 58.8 Å². The molecule has 0 aromatic carbocycles. The molecular weight excluding hydrogens is 306 g/mol. The van der Waals surface area contributed by atoms with Crippen LogP contribution in [0.25, 0.3) is 0 Å². The molecule has 3 fully saturated rings. The molecule has 24 heavy (non-hydrogen) atoms. The van der Waals surface area contributed by atoms with Crippen LogP contribution in [0.3, 0.4) is 0 Å². The Hall–Kier alpha value is -1.40. The molecule has 132 valence electrons. The van der Waals surface area contributed by atoms with Gasteiger partial charge in [0, 0.05) is 32.2 Å². The van der Waals surface area contributed by atoms with Crippen LogP contribution >= 0.6 is 0 Å². The van der Waals surface area contributed by atoms with Gasteiger partial charge in [-0.05, 0) is 45.4 Å². The van der Waals surface area contributed by atoms with Gasteiger partial charge in [0.25, 0.3) is 5.91 Å². The van der Waals surface area contributed by atoms with Crippen LogP contribution in [0, 0.1) is 19.8 Å². The summed E-state index contributed by atoms with van der Waals surface area (Å²) in [4.78, 5) is 17.5. The van der Waals surface area contributed by atoms with E-state index in [1.165, 1.54) is 19.4 Å². The van der Waals surface area contributed by atoms with Gasteiger partial charge in [-0.25, -0.2) is 0 Å². The first kappa shape index (κ1) is 16.1. The smallest absolute Gasteiger partial charge is 0.259 e. The van der Waals surface area contributed by atoms with Crippen molar-refractivity contribution in [1.29, 1.82) is 0 Å². The molecule has 6 heteroatoms. The molecule has 0 bridgehead atoms. The Balaban J connectivity index is 1.46. The van der Waals surface area contributed by atoms with E-state index < -0.39 is 0 Å². The van der Waals surface area contributed by atoms with E-state index in [-0.39, 0.29) is 12.0 Å². The first-order chi connectivity index (χ1) is 11.6. The van der Waals surface area contributed by atoms with Gasteiger partial charge in [0.1, 0.15) is 11.3 Å². The summed E-state index contributed by atoms with van der Waals surface area (Å²) >= 11 is 0. The zero-order valence-electron chi connectivity index (χ0n) is 14.7. The number of carbonyl (C=O) groups is 1. The Bertz CT molecular complexity index is 591. The average Bonchev–Trinajstić information content (AvgIpc) is 3.34. The van der Waals surface area contributed by atoms with Crippen molar-refractivity contribution in [2.45, 2.75) is 51.7 Å². The molecule has 2 saturated heterocycles. The average molecular weight is 333 g/mol. The van der Waals surface area contributed by atoms with E-state index in [0.29, 0.717) is 23.1 Å². The molecule has 0 unspecified atom stereocenters. The maximum Gasteiger partial charge on any atom is 0.259 e. The molecule has 1 amide bonds. The van der Waals surface area contributed by atoms with E-state index in [2.05, 4.69) is 10.1 Å². The standard InChI is InChI=1S/C18H27N3O3/c1-12-17(13(2)24-19-12)18(22)20-7-5-15-16(6-8-20)23-10-9-21(15)11-14-3-4-14/h14-16H,3-11H2,1-2H3/t15-,16+/m1/s1.